The van der Waals surface area contributed by atoms with Gasteiger partial charge in [-0.05, 0) is 13.3 Å². The molecule has 1 aromatic rings. The lowest BCUT2D eigenvalue weighted by Crippen LogP contribution is -2.19. The fourth-order valence-corrected chi connectivity index (χ4v) is 1.13. The number of H-pyrrole nitrogens is 1. The van der Waals surface area contributed by atoms with E-state index in [0.717, 1.165) is 6.42 Å². The summed E-state index contributed by atoms with van der Waals surface area (Å²) >= 11 is 0. The summed E-state index contributed by atoms with van der Waals surface area (Å²) in [5.74, 6) is -0.225. The molecule has 0 bridgehead atoms. The summed E-state index contributed by atoms with van der Waals surface area (Å²) in [5, 5.41) is 2.65. The Labute approximate surface area is 99.8 Å². The lowest BCUT2D eigenvalue weighted by Gasteiger charge is -2.07. The van der Waals surface area contributed by atoms with Crippen LogP contribution in [0.15, 0.2) is 6.20 Å². The molecule has 1 atom stereocenters. The Bertz CT molecular complexity index is 400. The van der Waals surface area contributed by atoms with E-state index in [4.69, 9.17) is 4.74 Å². The monoisotopic (exact) mass is 239 g/mol. The highest BCUT2D eigenvalue weighted by molar-refractivity contribution is 5.92. The molecule has 1 rings (SSSR count). The Kier molecular flexibility index (Phi) is 4.68. The minimum Gasteiger partial charge on any atom is -0.460 e. The molecule has 6 heteroatoms. The van der Waals surface area contributed by atoms with Gasteiger partial charge in [0.15, 0.2) is 0 Å². The molecular formula is C11H17N3O3. The molecule has 94 valence electrons. The molecular weight excluding hydrogens is 222 g/mol. The highest BCUT2D eigenvalue weighted by Crippen LogP contribution is 2.08. The summed E-state index contributed by atoms with van der Waals surface area (Å²) in [5.41, 5.74) is 0. The lowest BCUT2D eigenvalue weighted by atomic mass is 10.1. The Morgan fingerprint density at radius 2 is 2.24 bits per heavy atom. The topological polar surface area (TPSA) is 84.1 Å². The van der Waals surface area contributed by atoms with Gasteiger partial charge in [0.1, 0.15) is 5.82 Å². The molecule has 1 unspecified atom stereocenters. The minimum absolute atomic E-state index is 0.0793. The van der Waals surface area contributed by atoms with E-state index in [9.17, 15) is 9.59 Å². The first-order valence-electron chi connectivity index (χ1n) is 5.61. The van der Waals surface area contributed by atoms with Crippen LogP contribution in [-0.4, -0.2) is 28.5 Å². The highest BCUT2D eigenvalue weighted by Gasteiger charge is 2.14. The predicted molar refractivity (Wildman–Crippen MR) is 62.6 cm³/mol. The molecule has 0 saturated heterocycles. The van der Waals surface area contributed by atoms with Crippen molar-refractivity contribution in [1.82, 2.24) is 9.97 Å². The number of hydrogen-bond donors (Lipinski definition) is 2. The van der Waals surface area contributed by atoms with Crippen molar-refractivity contribution in [2.24, 2.45) is 5.92 Å². The summed E-state index contributed by atoms with van der Waals surface area (Å²) < 4.78 is 4.77. The number of aromatic amines is 1. The van der Waals surface area contributed by atoms with E-state index in [2.05, 4.69) is 15.3 Å². The van der Waals surface area contributed by atoms with Gasteiger partial charge < -0.3 is 15.0 Å². The molecule has 6 nitrogen and oxygen atoms in total. The maximum absolute atomic E-state index is 11.6. The Balaban J connectivity index is 2.62. The second-order valence-corrected chi connectivity index (χ2v) is 3.66. The molecule has 0 aliphatic heterocycles. The number of esters is 1. The molecule has 1 heterocycles. The van der Waals surface area contributed by atoms with Crippen molar-refractivity contribution in [2.75, 3.05) is 11.9 Å². The maximum atomic E-state index is 11.6. The number of ether oxygens (including phenoxy) is 1. The van der Waals surface area contributed by atoms with Gasteiger partial charge in [0.05, 0.1) is 12.8 Å². The number of carbonyl (C=O) groups is 2. The standard InChI is InChI=1S/C11H17N3O3/c1-4-7(3)10(15)14-8-6-12-9(13-8)11(16)17-5-2/h6-7H,4-5H2,1-3H3,(H,12,13)(H,14,15). The highest BCUT2D eigenvalue weighted by atomic mass is 16.5. The number of amides is 1. The van der Waals surface area contributed by atoms with E-state index >= 15 is 0 Å². The fourth-order valence-electron chi connectivity index (χ4n) is 1.13. The van der Waals surface area contributed by atoms with E-state index in [1.54, 1.807) is 6.92 Å². The number of nitrogens with zero attached hydrogens (tertiary/aromatic N) is 1. The number of aromatic nitrogens is 2. The largest absolute Gasteiger partial charge is 0.460 e. The SMILES string of the molecule is CCOC(=O)c1ncc(NC(=O)C(C)CC)[nH]1. The van der Waals surface area contributed by atoms with Crippen LogP contribution in [0, 0.1) is 5.92 Å². The van der Waals surface area contributed by atoms with E-state index in [1.807, 2.05) is 13.8 Å². The summed E-state index contributed by atoms with van der Waals surface area (Å²) in [6, 6.07) is 0. The quantitative estimate of drug-likeness (QED) is 0.764. The number of anilines is 1. The molecule has 0 radical (unpaired) electrons. The summed E-state index contributed by atoms with van der Waals surface area (Å²) in [6.45, 7) is 5.76. The van der Waals surface area contributed by atoms with Crippen molar-refractivity contribution >= 4 is 17.7 Å². The summed E-state index contributed by atoms with van der Waals surface area (Å²) in [7, 11) is 0. The first-order chi connectivity index (χ1) is 8.08. The van der Waals surface area contributed by atoms with Crippen molar-refractivity contribution in [3.05, 3.63) is 12.0 Å². The Morgan fingerprint density at radius 3 is 2.82 bits per heavy atom. The van der Waals surface area contributed by atoms with Gasteiger partial charge >= 0.3 is 5.97 Å². The van der Waals surface area contributed by atoms with Gasteiger partial charge in [-0.1, -0.05) is 13.8 Å². The predicted octanol–water partition coefficient (Wildman–Crippen LogP) is 1.57. The van der Waals surface area contributed by atoms with E-state index < -0.39 is 5.97 Å². The number of rotatable bonds is 5. The van der Waals surface area contributed by atoms with Gasteiger partial charge in [0, 0.05) is 5.92 Å². The summed E-state index contributed by atoms with van der Waals surface area (Å²) in [4.78, 5) is 29.4. The van der Waals surface area contributed by atoms with Gasteiger partial charge in [0.2, 0.25) is 11.7 Å². The molecule has 0 aromatic carbocycles. The first-order valence-corrected chi connectivity index (χ1v) is 5.61. The summed E-state index contributed by atoms with van der Waals surface area (Å²) in [6.07, 6.45) is 2.15. The molecule has 0 fully saturated rings. The average molecular weight is 239 g/mol. The van der Waals surface area contributed by atoms with Crippen LogP contribution < -0.4 is 5.32 Å². The van der Waals surface area contributed by atoms with Crippen molar-refractivity contribution in [3.8, 4) is 0 Å². The molecule has 2 N–H and O–H groups in total. The molecule has 0 spiro atoms. The van der Waals surface area contributed by atoms with Crippen LogP contribution in [0.25, 0.3) is 0 Å². The lowest BCUT2D eigenvalue weighted by molar-refractivity contribution is -0.119. The average Bonchev–Trinajstić information content (AvgIpc) is 2.76. The van der Waals surface area contributed by atoms with Crippen LogP contribution in [0.2, 0.25) is 0 Å². The number of nitrogens with one attached hydrogen (secondary N) is 2. The van der Waals surface area contributed by atoms with Crippen molar-refractivity contribution in [3.63, 3.8) is 0 Å². The van der Waals surface area contributed by atoms with Gasteiger partial charge in [-0.25, -0.2) is 9.78 Å². The molecule has 0 saturated carbocycles. The zero-order chi connectivity index (χ0) is 12.8. The molecule has 1 aromatic heterocycles. The van der Waals surface area contributed by atoms with Crippen LogP contribution in [0.1, 0.15) is 37.8 Å². The van der Waals surface area contributed by atoms with Gasteiger partial charge in [0.25, 0.3) is 0 Å². The van der Waals surface area contributed by atoms with Crippen LogP contribution in [0.3, 0.4) is 0 Å². The minimum atomic E-state index is -0.531. The van der Waals surface area contributed by atoms with Crippen LogP contribution in [-0.2, 0) is 9.53 Å². The number of hydrogen-bond acceptors (Lipinski definition) is 4. The number of imidazole rings is 1. The van der Waals surface area contributed by atoms with Crippen molar-refractivity contribution in [2.45, 2.75) is 27.2 Å². The smallest absolute Gasteiger partial charge is 0.374 e. The van der Waals surface area contributed by atoms with E-state index in [-0.39, 0.29) is 24.3 Å². The third kappa shape index (κ3) is 3.58. The molecule has 0 aliphatic carbocycles. The molecule has 17 heavy (non-hydrogen) atoms. The van der Waals surface area contributed by atoms with Gasteiger partial charge in [-0.2, -0.15) is 0 Å². The maximum Gasteiger partial charge on any atom is 0.374 e. The van der Waals surface area contributed by atoms with Crippen LogP contribution >= 0.6 is 0 Å². The molecule has 1 amide bonds. The number of carbonyl (C=O) groups excluding carboxylic acids is 2. The van der Waals surface area contributed by atoms with Crippen molar-refractivity contribution < 1.29 is 14.3 Å². The third-order valence-corrected chi connectivity index (χ3v) is 2.36. The Hall–Kier alpha value is -1.85. The zero-order valence-electron chi connectivity index (χ0n) is 10.2. The Morgan fingerprint density at radius 1 is 1.53 bits per heavy atom. The second-order valence-electron chi connectivity index (χ2n) is 3.66. The van der Waals surface area contributed by atoms with E-state index in [0.29, 0.717) is 5.82 Å². The first kappa shape index (κ1) is 13.2. The van der Waals surface area contributed by atoms with Crippen LogP contribution in [0.4, 0.5) is 5.82 Å². The van der Waals surface area contributed by atoms with E-state index in [1.165, 1.54) is 6.20 Å². The normalized spacial score (nSPS) is 11.9. The van der Waals surface area contributed by atoms with Gasteiger partial charge in [-0.15, -0.1) is 0 Å². The van der Waals surface area contributed by atoms with Crippen LogP contribution in [0.5, 0.6) is 0 Å². The van der Waals surface area contributed by atoms with Gasteiger partial charge in [-0.3, -0.25) is 4.79 Å². The second kappa shape index (κ2) is 6.03. The molecule has 0 aliphatic rings. The fraction of sp³-hybridized carbons (Fsp3) is 0.545. The van der Waals surface area contributed by atoms with Crippen molar-refractivity contribution in [1.29, 1.82) is 0 Å². The zero-order valence-corrected chi connectivity index (χ0v) is 10.2. The third-order valence-electron chi connectivity index (χ3n) is 2.36.